The summed E-state index contributed by atoms with van der Waals surface area (Å²) in [5, 5.41) is 9.46. The molecule has 0 aliphatic heterocycles. The number of aryl methyl sites for hydroxylation is 2. The highest BCUT2D eigenvalue weighted by molar-refractivity contribution is 7.17. The van der Waals surface area contributed by atoms with Crippen molar-refractivity contribution in [2.75, 3.05) is 13.2 Å². The molecular formula is C21H30NO3P. The highest BCUT2D eigenvalue weighted by Gasteiger charge is 2.24. The van der Waals surface area contributed by atoms with Crippen molar-refractivity contribution in [3.63, 3.8) is 0 Å². The molecule has 0 aromatic heterocycles. The number of aliphatic hydroxyl groups is 1. The molecule has 0 heterocycles. The molecule has 5 heteroatoms. The van der Waals surface area contributed by atoms with Crippen LogP contribution in [0.2, 0.25) is 0 Å². The molecule has 2 aromatic rings. The largest absolute Gasteiger partial charge is 0.394 e. The Kier molecular flexibility index (Phi) is 8.53. The maximum atomic E-state index is 10.5. The van der Waals surface area contributed by atoms with Gasteiger partial charge in [-0.1, -0.05) is 61.9 Å². The van der Waals surface area contributed by atoms with Crippen LogP contribution < -0.4 is 5.73 Å². The summed E-state index contributed by atoms with van der Waals surface area (Å²) in [6, 6.07) is 17.2. The summed E-state index contributed by atoms with van der Waals surface area (Å²) in [6.07, 6.45) is 4.90. The summed E-state index contributed by atoms with van der Waals surface area (Å²) in [7, 11) is -1.30. The predicted molar refractivity (Wildman–Crippen MR) is 109 cm³/mol. The summed E-state index contributed by atoms with van der Waals surface area (Å²) in [5.74, 6) is 0. The molecule has 142 valence electrons. The molecule has 0 bridgehead atoms. The Morgan fingerprint density at radius 2 is 1.54 bits per heavy atom. The van der Waals surface area contributed by atoms with Gasteiger partial charge in [0.1, 0.15) is 0 Å². The summed E-state index contributed by atoms with van der Waals surface area (Å²) in [6.45, 7) is 2.14. The number of aliphatic hydroxyl groups excluding tert-OH is 1. The molecule has 0 amide bonds. The lowest BCUT2D eigenvalue weighted by atomic mass is 9.93. The van der Waals surface area contributed by atoms with Crippen LogP contribution in [0.25, 0.3) is 11.1 Å². The number of nitrogens with two attached hydrogens (primary N) is 1. The van der Waals surface area contributed by atoms with Gasteiger partial charge >= 0.3 is 0 Å². The predicted octanol–water partition coefficient (Wildman–Crippen LogP) is 4.01. The first-order valence-electron chi connectivity index (χ1n) is 9.23. The van der Waals surface area contributed by atoms with E-state index in [1.807, 2.05) is 0 Å². The standard InChI is InChI=1S/C21H30NO3P/c1-2-3-4-17-5-9-19(10-6-17)20-11-7-18(8-12-20)13-14-21(22,15-23)16-25-26-24/h5-12,23H,2-4,13-16,22,26H2,1H3. The van der Waals surface area contributed by atoms with Gasteiger partial charge in [0.05, 0.1) is 18.8 Å². The number of unbranched alkanes of at least 4 members (excludes halogenated alkanes) is 1. The minimum absolute atomic E-state index is 0.116. The van der Waals surface area contributed by atoms with Gasteiger partial charge in [-0.2, -0.15) is 0 Å². The number of rotatable bonds is 11. The summed E-state index contributed by atoms with van der Waals surface area (Å²) in [4.78, 5) is 0. The van der Waals surface area contributed by atoms with Crippen molar-refractivity contribution in [3.05, 3.63) is 59.7 Å². The topological polar surface area (TPSA) is 72.6 Å². The maximum Gasteiger partial charge on any atom is 0.180 e. The lowest BCUT2D eigenvalue weighted by molar-refractivity contribution is 0.133. The molecule has 26 heavy (non-hydrogen) atoms. The van der Waals surface area contributed by atoms with Crippen LogP contribution in [0.15, 0.2) is 48.5 Å². The number of hydrogen-bond donors (Lipinski definition) is 2. The van der Waals surface area contributed by atoms with Crippen molar-refractivity contribution in [3.8, 4) is 11.1 Å². The molecule has 0 saturated carbocycles. The van der Waals surface area contributed by atoms with Crippen LogP contribution in [0.3, 0.4) is 0 Å². The lowest BCUT2D eigenvalue weighted by Gasteiger charge is -2.25. The summed E-state index contributed by atoms with van der Waals surface area (Å²) < 4.78 is 15.5. The SMILES string of the molecule is CCCCc1ccc(-c2ccc(CCC(N)(CO)CO[PH2]=O)cc2)cc1. The van der Waals surface area contributed by atoms with E-state index < -0.39 is 14.2 Å². The zero-order valence-corrected chi connectivity index (χ0v) is 16.6. The van der Waals surface area contributed by atoms with Crippen LogP contribution in [0.5, 0.6) is 0 Å². The van der Waals surface area contributed by atoms with Crippen LogP contribution in [-0.4, -0.2) is 23.9 Å². The van der Waals surface area contributed by atoms with Crippen LogP contribution >= 0.6 is 8.69 Å². The fraction of sp³-hybridized carbons (Fsp3) is 0.429. The average Bonchev–Trinajstić information content (AvgIpc) is 2.70. The first-order chi connectivity index (χ1) is 12.6. The molecule has 3 N–H and O–H groups in total. The van der Waals surface area contributed by atoms with E-state index in [1.165, 1.54) is 29.5 Å². The second-order valence-corrected chi connectivity index (χ2v) is 7.45. The van der Waals surface area contributed by atoms with E-state index in [9.17, 15) is 9.67 Å². The van der Waals surface area contributed by atoms with E-state index in [1.54, 1.807) is 0 Å². The van der Waals surface area contributed by atoms with Gasteiger partial charge in [0.15, 0.2) is 8.69 Å². The van der Waals surface area contributed by atoms with E-state index in [0.717, 1.165) is 18.4 Å². The van der Waals surface area contributed by atoms with E-state index in [4.69, 9.17) is 10.3 Å². The van der Waals surface area contributed by atoms with Gasteiger partial charge in [-0.05, 0) is 47.9 Å². The van der Waals surface area contributed by atoms with Crippen LogP contribution in [0.4, 0.5) is 0 Å². The first kappa shape index (κ1) is 20.9. The Labute approximate surface area is 157 Å². The number of benzene rings is 2. The van der Waals surface area contributed by atoms with Crippen LogP contribution in [0.1, 0.15) is 37.3 Å². The quantitative estimate of drug-likeness (QED) is 0.582. The maximum absolute atomic E-state index is 10.5. The van der Waals surface area contributed by atoms with Crippen molar-refractivity contribution in [1.29, 1.82) is 0 Å². The Bertz CT molecular complexity index is 673. The second-order valence-electron chi connectivity index (χ2n) is 6.93. The van der Waals surface area contributed by atoms with E-state index in [2.05, 4.69) is 55.5 Å². The normalized spacial score (nSPS) is 14.0. The van der Waals surface area contributed by atoms with Gasteiger partial charge < -0.3 is 15.4 Å². The zero-order chi connectivity index (χ0) is 18.8. The van der Waals surface area contributed by atoms with Crippen molar-refractivity contribution >= 4 is 8.69 Å². The lowest BCUT2D eigenvalue weighted by Crippen LogP contribution is -2.47. The monoisotopic (exact) mass is 375 g/mol. The molecule has 0 radical (unpaired) electrons. The molecule has 0 fully saturated rings. The molecule has 2 aromatic carbocycles. The third kappa shape index (κ3) is 6.37. The molecule has 0 aliphatic carbocycles. The van der Waals surface area contributed by atoms with Gasteiger partial charge in [0.25, 0.3) is 0 Å². The smallest absolute Gasteiger partial charge is 0.180 e. The Morgan fingerprint density at radius 1 is 1.00 bits per heavy atom. The minimum atomic E-state index is -1.30. The van der Waals surface area contributed by atoms with Crippen molar-refractivity contribution < 1.29 is 14.2 Å². The Hall–Kier alpha value is -1.45. The fourth-order valence-corrected chi connectivity index (χ4v) is 3.30. The van der Waals surface area contributed by atoms with Gasteiger partial charge in [-0.25, -0.2) is 0 Å². The first-order valence-corrected chi connectivity index (χ1v) is 10.2. The minimum Gasteiger partial charge on any atom is -0.394 e. The van der Waals surface area contributed by atoms with Crippen LogP contribution in [-0.2, 0) is 21.9 Å². The summed E-state index contributed by atoms with van der Waals surface area (Å²) in [5.41, 5.74) is 10.2. The zero-order valence-electron chi connectivity index (χ0n) is 15.5. The molecular weight excluding hydrogens is 345 g/mol. The van der Waals surface area contributed by atoms with Crippen molar-refractivity contribution in [2.24, 2.45) is 5.73 Å². The second kappa shape index (κ2) is 10.6. The van der Waals surface area contributed by atoms with E-state index in [-0.39, 0.29) is 13.2 Å². The molecule has 0 aliphatic rings. The summed E-state index contributed by atoms with van der Waals surface area (Å²) >= 11 is 0. The molecule has 2 rings (SSSR count). The highest BCUT2D eigenvalue weighted by Crippen LogP contribution is 2.22. The van der Waals surface area contributed by atoms with Gasteiger partial charge in [0, 0.05) is 0 Å². The third-order valence-electron chi connectivity index (χ3n) is 4.73. The van der Waals surface area contributed by atoms with Crippen molar-refractivity contribution in [1.82, 2.24) is 0 Å². The molecule has 4 nitrogen and oxygen atoms in total. The van der Waals surface area contributed by atoms with Gasteiger partial charge in [0.2, 0.25) is 0 Å². The van der Waals surface area contributed by atoms with Gasteiger partial charge in [-0.3, -0.25) is 4.57 Å². The van der Waals surface area contributed by atoms with Crippen LogP contribution in [0, 0.1) is 0 Å². The third-order valence-corrected chi connectivity index (χ3v) is 5.03. The van der Waals surface area contributed by atoms with E-state index >= 15 is 0 Å². The Morgan fingerprint density at radius 3 is 2.00 bits per heavy atom. The molecule has 2 atom stereocenters. The van der Waals surface area contributed by atoms with Gasteiger partial charge in [-0.15, -0.1) is 0 Å². The fourth-order valence-electron chi connectivity index (χ4n) is 2.90. The highest BCUT2D eigenvalue weighted by atomic mass is 31.1. The molecule has 0 spiro atoms. The van der Waals surface area contributed by atoms with Crippen molar-refractivity contribution in [2.45, 2.75) is 44.6 Å². The average molecular weight is 375 g/mol. The van der Waals surface area contributed by atoms with E-state index in [0.29, 0.717) is 6.42 Å². The number of hydrogen-bond acceptors (Lipinski definition) is 4. The molecule has 0 saturated heterocycles. The molecule has 2 unspecified atom stereocenters. The Balaban J connectivity index is 1.96.